The standard InChI is InChI=1S/C27H26F4N2O/c28-25-17-22(21-7-10-23(11-8-21)27(29,30)31)9-12-24(25)26(34)32-14-13-19-3-5-20(6-4-19)18-33-15-1-2-16-33/h3-12,17H,1-2,13-16,18H2,(H,32,34). The first-order valence-electron chi connectivity index (χ1n) is 11.4. The van der Waals surface area contributed by atoms with Gasteiger partial charge in [0.25, 0.3) is 5.91 Å². The predicted octanol–water partition coefficient (Wildman–Crippen LogP) is 6.08. The number of alkyl halides is 3. The van der Waals surface area contributed by atoms with E-state index < -0.39 is 23.5 Å². The number of rotatable bonds is 7. The van der Waals surface area contributed by atoms with Crippen LogP contribution in [0, 0.1) is 5.82 Å². The maximum Gasteiger partial charge on any atom is 0.416 e. The molecule has 7 heteroatoms. The molecule has 0 unspecified atom stereocenters. The molecular formula is C27H26F4N2O. The van der Waals surface area contributed by atoms with Gasteiger partial charge < -0.3 is 5.32 Å². The van der Waals surface area contributed by atoms with Gasteiger partial charge in [0.15, 0.2) is 0 Å². The van der Waals surface area contributed by atoms with Gasteiger partial charge in [-0.3, -0.25) is 9.69 Å². The molecule has 0 radical (unpaired) electrons. The van der Waals surface area contributed by atoms with Gasteiger partial charge >= 0.3 is 6.18 Å². The summed E-state index contributed by atoms with van der Waals surface area (Å²) in [7, 11) is 0. The molecule has 0 atom stereocenters. The third-order valence-electron chi connectivity index (χ3n) is 6.09. The molecule has 3 aromatic carbocycles. The molecule has 178 valence electrons. The second-order valence-electron chi connectivity index (χ2n) is 8.58. The number of carbonyl (C=O) groups is 1. The molecule has 0 aromatic heterocycles. The first kappa shape index (κ1) is 24.0. The van der Waals surface area contributed by atoms with Crippen LogP contribution in [0.5, 0.6) is 0 Å². The molecule has 34 heavy (non-hydrogen) atoms. The van der Waals surface area contributed by atoms with Crippen LogP contribution >= 0.6 is 0 Å². The van der Waals surface area contributed by atoms with E-state index in [1.165, 1.54) is 42.7 Å². The highest BCUT2D eigenvalue weighted by atomic mass is 19.4. The number of benzene rings is 3. The molecule has 1 aliphatic rings. The summed E-state index contributed by atoms with van der Waals surface area (Å²) in [6, 6.07) is 16.8. The number of nitrogens with one attached hydrogen (secondary N) is 1. The Balaban J connectivity index is 1.31. The summed E-state index contributed by atoms with van der Waals surface area (Å²) in [6.07, 6.45) is -1.28. The number of nitrogens with zero attached hydrogens (tertiary/aromatic N) is 1. The van der Waals surface area contributed by atoms with Crippen LogP contribution in [0.15, 0.2) is 66.7 Å². The Morgan fingerprint density at radius 1 is 0.853 bits per heavy atom. The van der Waals surface area contributed by atoms with Crippen molar-refractivity contribution in [2.24, 2.45) is 0 Å². The summed E-state index contributed by atoms with van der Waals surface area (Å²) in [5, 5.41) is 2.73. The van der Waals surface area contributed by atoms with Crippen molar-refractivity contribution in [2.75, 3.05) is 19.6 Å². The molecule has 3 aromatic rings. The van der Waals surface area contributed by atoms with Crippen LogP contribution in [-0.4, -0.2) is 30.4 Å². The topological polar surface area (TPSA) is 32.3 Å². The number of amides is 1. The highest BCUT2D eigenvalue weighted by Gasteiger charge is 2.30. The maximum absolute atomic E-state index is 14.6. The average molecular weight is 471 g/mol. The van der Waals surface area contributed by atoms with E-state index in [9.17, 15) is 22.4 Å². The van der Waals surface area contributed by atoms with Crippen LogP contribution in [0.25, 0.3) is 11.1 Å². The molecule has 0 spiro atoms. The fraction of sp³-hybridized carbons (Fsp3) is 0.296. The van der Waals surface area contributed by atoms with Crippen molar-refractivity contribution in [1.29, 1.82) is 0 Å². The Labute approximate surface area is 196 Å². The lowest BCUT2D eigenvalue weighted by Gasteiger charge is -2.14. The summed E-state index contributed by atoms with van der Waals surface area (Å²) in [4.78, 5) is 14.9. The number of halogens is 4. The van der Waals surface area contributed by atoms with Gasteiger partial charge in [-0.05, 0) is 78.9 Å². The van der Waals surface area contributed by atoms with E-state index >= 15 is 0 Å². The van der Waals surface area contributed by atoms with E-state index in [0.29, 0.717) is 24.1 Å². The zero-order valence-electron chi connectivity index (χ0n) is 18.7. The molecule has 3 nitrogen and oxygen atoms in total. The highest BCUT2D eigenvalue weighted by molar-refractivity contribution is 5.95. The predicted molar refractivity (Wildman–Crippen MR) is 124 cm³/mol. The molecule has 4 rings (SSSR count). The molecule has 1 saturated heterocycles. The van der Waals surface area contributed by atoms with Gasteiger partial charge in [0.05, 0.1) is 11.1 Å². The quantitative estimate of drug-likeness (QED) is 0.425. The van der Waals surface area contributed by atoms with Crippen LogP contribution in [0.2, 0.25) is 0 Å². The fourth-order valence-corrected chi connectivity index (χ4v) is 4.16. The van der Waals surface area contributed by atoms with Gasteiger partial charge in [-0.25, -0.2) is 4.39 Å². The third-order valence-corrected chi connectivity index (χ3v) is 6.09. The normalized spacial score (nSPS) is 14.4. The Hall–Kier alpha value is -3.19. The lowest BCUT2D eigenvalue weighted by molar-refractivity contribution is -0.137. The van der Waals surface area contributed by atoms with Gasteiger partial charge in [0.2, 0.25) is 0 Å². The molecule has 0 bridgehead atoms. The second-order valence-corrected chi connectivity index (χ2v) is 8.58. The van der Waals surface area contributed by atoms with Crippen LogP contribution in [-0.2, 0) is 19.1 Å². The summed E-state index contributed by atoms with van der Waals surface area (Å²) < 4.78 is 52.7. The van der Waals surface area contributed by atoms with Crippen molar-refractivity contribution in [3.63, 3.8) is 0 Å². The van der Waals surface area contributed by atoms with Crippen molar-refractivity contribution >= 4 is 5.91 Å². The molecule has 1 fully saturated rings. The van der Waals surface area contributed by atoms with Crippen molar-refractivity contribution in [3.8, 4) is 11.1 Å². The van der Waals surface area contributed by atoms with E-state index in [2.05, 4.69) is 34.5 Å². The van der Waals surface area contributed by atoms with Crippen molar-refractivity contribution in [1.82, 2.24) is 10.2 Å². The number of likely N-dealkylation sites (tertiary alicyclic amines) is 1. The number of carbonyl (C=O) groups excluding carboxylic acids is 1. The van der Waals surface area contributed by atoms with E-state index in [-0.39, 0.29) is 5.56 Å². The lowest BCUT2D eigenvalue weighted by Crippen LogP contribution is -2.26. The first-order valence-corrected chi connectivity index (χ1v) is 11.4. The average Bonchev–Trinajstić information content (AvgIpc) is 3.32. The van der Waals surface area contributed by atoms with E-state index in [1.54, 1.807) is 0 Å². The molecule has 1 heterocycles. The van der Waals surface area contributed by atoms with Gasteiger partial charge in [-0.1, -0.05) is 42.5 Å². The van der Waals surface area contributed by atoms with Crippen LogP contribution < -0.4 is 5.32 Å². The highest BCUT2D eigenvalue weighted by Crippen LogP contribution is 2.31. The van der Waals surface area contributed by atoms with Crippen molar-refractivity contribution in [2.45, 2.75) is 32.0 Å². The van der Waals surface area contributed by atoms with Gasteiger partial charge in [0.1, 0.15) is 5.82 Å². The summed E-state index contributed by atoms with van der Waals surface area (Å²) in [5.74, 6) is -1.25. The lowest BCUT2D eigenvalue weighted by atomic mass is 10.0. The zero-order valence-corrected chi connectivity index (χ0v) is 18.7. The Morgan fingerprint density at radius 3 is 2.09 bits per heavy atom. The van der Waals surface area contributed by atoms with Crippen molar-refractivity contribution in [3.05, 3.63) is 94.8 Å². The van der Waals surface area contributed by atoms with Crippen LogP contribution in [0.3, 0.4) is 0 Å². The monoisotopic (exact) mass is 470 g/mol. The van der Waals surface area contributed by atoms with Gasteiger partial charge in [-0.2, -0.15) is 13.2 Å². The third kappa shape index (κ3) is 6.03. The van der Waals surface area contributed by atoms with E-state index in [1.807, 2.05) is 0 Å². The van der Waals surface area contributed by atoms with Crippen molar-refractivity contribution < 1.29 is 22.4 Å². The van der Waals surface area contributed by atoms with Gasteiger partial charge in [0, 0.05) is 13.1 Å². The summed E-state index contributed by atoms with van der Waals surface area (Å²) in [6.45, 7) is 3.62. The summed E-state index contributed by atoms with van der Waals surface area (Å²) >= 11 is 0. The Bertz CT molecular complexity index is 1120. The smallest absolute Gasteiger partial charge is 0.352 e. The van der Waals surface area contributed by atoms with E-state index in [0.717, 1.165) is 43.4 Å². The first-order chi connectivity index (χ1) is 16.3. The summed E-state index contributed by atoms with van der Waals surface area (Å²) in [5.41, 5.74) is 2.32. The maximum atomic E-state index is 14.6. The molecule has 1 N–H and O–H groups in total. The molecule has 0 saturated carbocycles. The molecule has 1 aliphatic heterocycles. The minimum Gasteiger partial charge on any atom is -0.352 e. The van der Waals surface area contributed by atoms with Crippen LogP contribution in [0.4, 0.5) is 17.6 Å². The number of hydrogen-bond donors (Lipinski definition) is 1. The van der Waals surface area contributed by atoms with E-state index in [4.69, 9.17) is 0 Å². The SMILES string of the molecule is O=C(NCCc1ccc(CN2CCCC2)cc1)c1ccc(-c2ccc(C(F)(F)F)cc2)cc1F. The minimum atomic E-state index is -4.43. The van der Waals surface area contributed by atoms with Crippen LogP contribution in [0.1, 0.15) is 39.9 Å². The van der Waals surface area contributed by atoms with Gasteiger partial charge in [-0.15, -0.1) is 0 Å². The fourth-order valence-electron chi connectivity index (χ4n) is 4.16. The second kappa shape index (κ2) is 10.4. The Morgan fingerprint density at radius 2 is 1.47 bits per heavy atom. The minimum absolute atomic E-state index is 0.100. The molecule has 1 amide bonds. The molecule has 0 aliphatic carbocycles. The largest absolute Gasteiger partial charge is 0.416 e. The number of hydrogen-bond acceptors (Lipinski definition) is 2. The zero-order chi connectivity index (χ0) is 24.1. The Kier molecular flexibility index (Phi) is 7.32. The molecular weight excluding hydrogens is 444 g/mol.